The van der Waals surface area contributed by atoms with Crippen molar-refractivity contribution in [3.63, 3.8) is 0 Å². The smallest absolute Gasteiger partial charge is 0.264 e. The van der Waals surface area contributed by atoms with Crippen LogP contribution in [0.15, 0.2) is 11.8 Å². The summed E-state index contributed by atoms with van der Waals surface area (Å²) in [6.07, 6.45) is 6.42. The van der Waals surface area contributed by atoms with Gasteiger partial charge in [-0.05, 0) is 12.8 Å². The van der Waals surface area contributed by atoms with Crippen LogP contribution in [0.25, 0.3) is 0 Å². The topological polar surface area (TPSA) is 102 Å². The van der Waals surface area contributed by atoms with Crippen LogP contribution in [0.3, 0.4) is 0 Å². The first-order valence-corrected chi connectivity index (χ1v) is 7.91. The van der Waals surface area contributed by atoms with Crippen LogP contribution in [0.5, 0.6) is 0 Å². The highest BCUT2D eigenvalue weighted by atomic mass is 16.5. The number of hydrogen-bond acceptors (Lipinski definition) is 6. The lowest BCUT2D eigenvalue weighted by atomic mass is 10.1. The van der Waals surface area contributed by atoms with E-state index in [9.17, 15) is 15.0 Å². The maximum atomic E-state index is 11.9. The third-order valence-electron chi connectivity index (χ3n) is 3.88. The number of carbonyl (C=O) groups excluding carboxylic acids is 1. The number of rotatable bonds is 5. The number of nitrogens with one attached hydrogen (secondary N) is 1. The van der Waals surface area contributed by atoms with Crippen molar-refractivity contribution in [2.45, 2.75) is 56.9 Å². The van der Waals surface area contributed by atoms with Crippen LogP contribution in [0.1, 0.15) is 32.1 Å². The van der Waals surface area contributed by atoms with Crippen LogP contribution >= 0.6 is 0 Å². The van der Waals surface area contributed by atoms with Crippen molar-refractivity contribution in [1.82, 2.24) is 10.2 Å². The van der Waals surface area contributed by atoms with E-state index in [1.165, 1.54) is 11.1 Å². The summed E-state index contributed by atoms with van der Waals surface area (Å²) in [5.41, 5.74) is 0.211. The fraction of sp³-hybridized carbons (Fsp3) is 0.588. The van der Waals surface area contributed by atoms with Crippen molar-refractivity contribution in [3.8, 4) is 24.2 Å². The molecule has 0 aliphatic carbocycles. The van der Waals surface area contributed by atoms with Crippen molar-refractivity contribution >= 4 is 5.91 Å². The Morgan fingerprint density at radius 3 is 2.79 bits per heavy atom. The predicted molar refractivity (Wildman–Crippen MR) is 85.5 cm³/mol. The Labute approximate surface area is 141 Å². The fourth-order valence-corrected chi connectivity index (χ4v) is 2.54. The van der Waals surface area contributed by atoms with Gasteiger partial charge in [0, 0.05) is 25.5 Å². The average molecular weight is 334 g/mol. The van der Waals surface area contributed by atoms with E-state index in [0.29, 0.717) is 12.8 Å². The van der Waals surface area contributed by atoms with Crippen LogP contribution in [0, 0.1) is 24.2 Å². The van der Waals surface area contributed by atoms with E-state index >= 15 is 0 Å². The molecule has 0 aromatic rings. The molecule has 1 fully saturated rings. The van der Waals surface area contributed by atoms with Gasteiger partial charge in [-0.2, -0.15) is 0 Å². The number of terminal acetylenes is 1. The molecule has 0 bridgehead atoms. The summed E-state index contributed by atoms with van der Waals surface area (Å²) < 4.78 is 5.49. The van der Waals surface area contributed by atoms with Crippen LogP contribution in [-0.2, 0) is 9.53 Å². The lowest BCUT2D eigenvalue weighted by Crippen LogP contribution is -2.53. The van der Waals surface area contributed by atoms with E-state index in [1.807, 2.05) is 0 Å². The molecule has 7 nitrogen and oxygen atoms in total. The lowest BCUT2D eigenvalue weighted by Gasteiger charge is -2.35. The van der Waals surface area contributed by atoms with Crippen LogP contribution in [-0.4, -0.2) is 57.5 Å². The van der Waals surface area contributed by atoms with Gasteiger partial charge in [-0.15, -0.1) is 12.3 Å². The molecular weight excluding hydrogens is 312 g/mol. The number of ether oxygens (including phenoxy) is 1. The van der Waals surface area contributed by atoms with Gasteiger partial charge in [0.1, 0.15) is 17.9 Å². The van der Waals surface area contributed by atoms with Crippen molar-refractivity contribution in [1.29, 1.82) is 0 Å². The molecule has 1 saturated heterocycles. The number of carbonyl (C=O) groups is 1. The SMILES string of the molecule is C#CCCCCC#CC1=CN([C@H]2CC(O)[C@@H](CO)O2)C(O)NC1=O. The Morgan fingerprint density at radius 2 is 2.12 bits per heavy atom. The Bertz CT molecular complexity index is 586. The highest BCUT2D eigenvalue weighted by molar-refractivity contribution is 5.98. The van der Waals surface area contributed by atoms with Gasteiger partial charge < -0.3 is 30.3 Å². The van der Waals surface area contributed by atoms with Gasteiger partial charge in [-0.1, -0.05) is 11.8 Å². The second-order valence-electron chi connectivity index (χ2n) is 5.66. The molecule has 0 aromatic heterocycles. The van der Waals surface area contributed by atoms with E-state index in [4.69, 9.17) is 16.3 Å². The summed E-state index contributed by atoms with van der Waals surface area (Å²) >= 11 is 0. The maximum Gasteiger partial charge on any atom is 0.264 e. The summed E-state index contributed by atoms with van der Waals surface area (Å²) in [7, 11) is 0. The number of nitrogens with zero attached hydrogens (tertiary/aromatic N) is 1. The highest BCUT2D eigenvalue weighted by Crippen LogP contribution is 2.26. The monoisotopic (exact) mass is 334 g/mol. The van der Waals surface area contributed by atoms with Crippen molar-refractivity contribution in [2.24, 2.45) is 0 Å². The van der Waals surface area contributed by atoms with Crippen LogP contribution in [0.2, 0.25) is 0 Å². The second kappa shape index (κ2) is 8.72. The molecule has 2 rings (SSSR count). The first-order valence-electron chi connectivity index (χ1n) is 7.91. The quantitative estimate of drug-likeness (QED) is 0.390. The first kappa shape index (κ1) is 18.3. The third-order valence-corrected chi connectivity index (χ3v) is 3.88. The number of aliphatic hydroxyl groups is 3. The molecule has 130 valence electrons. The summed E-state index contributed by atoms with van der Waals surface area (Å²) in [5.74, 6) is 7.79. The summed E-state index contributed by atoms with van der Waals surface area (Å²) in [5, 5.41) is 31.3. The van der Waals surface area contributed by atoms with Gasteiger partial charge in [-0.3, -0.25) is 4.79 Å². The van der Waals surface area contributed by atoms with Crippen molar-refractivity contribution in [2.75, 3.05) is 6.61 Å². The van der Waals surface area contributed by atoms with Gasteiger partial charge >= 0.3 is 0 Å². The fourth-order valence-electron chi connectivity index (χ4n) is 2.54. The molecule has 7 heteroatoms. The highest BCUT2D eigenvalue weighted by Gasteiger charge is 2.39. The molecule has 2 aliphatic heterocycles. The zero-order valence-electron chi connectivity index (χ0n) is 13.3. The van der Waals surface area contributed by atoms with Crippen molar-refractivity contribution in [3.05, 3.63) is 11.8 Å². The van der Waals surface area contributed by atoms with E-state index in [-0.39, 0.29) is 18.6 Å². The standard InChI is InChI=1S/C17H22N2O5/c1-2-3-4-5-6-7-8-12-10-19(17(23)18-16(12)22)15-9-13(21)14(11-20)24-15/h1,10,13-15,17,20-21,23H,3-6,9,11H2,(H,18,22)/t13?,14-,15-,17?/m1/s1. The first-order chi connectivity index (χ1) is 11.6. The minimum Gasteiger partial charge on any atom is -0.394 e. The van der Waals surface area contributed by atoms with E-state index in [2.05, 4.69) is 23.1 Å². The minimum absolute atomic E-state index is 0.210. The number of amides is 1. The van der Waals surface area contributed by atoms with Gasteiger partial charge in [0.25, 0.3) is 5.91 Å². The molecular formula is C17H22N2O5. The number of hydrogen-bond donors (Lipinski definition) is 4. The Kier molecular flexibility index (Phi) is 6.65. The molecule has 0 spiro atoms. The lowest BCUT2D eigenvalue weighted by molar-refractivity contribution is -0.142. The van der Waals surface area contributed by atoms with Gasteiger partial charge in [0.15, 0.2) is 0 Å². The van der Waals surface area contributed by atoms with Gasteiger partial charge in [0.05, 0.1) is 12.7 Å². The Balaban J connectivity index is 2.01. The third kappa shape index (κ3) is 4.50. The van der Waals surface area contributed by atoms with Crippen molar-refractivity contribution < 1.29 is 24.9 Å². The normalized spacial score (nSPS) is 29.3. The minimum atomic E-state index is -1.27. The zero-order valence-corrected chi connectivity index (χ0v) is 13.3. The van der Waals surface area contributed by atoms with E-state index < -0.39 is 30.7 Å². The summed E-state index contributed by atoms with van der Waals surface area (Å²) in [6.45, 7) is -0.317. The largest absolute Gasteiger partial charge is 0.394 e. The second-order valence-corrected chi connectivity index (χ2v) is 5.66. The van der Waals surface area contributed by atoms with E-state index in [0.717, 1.165) is 12.8 Å². The van der Waals surface area contributed by atoms with Gasteiger partial charge in [0.2, 0.25) is 6.35 Å². The molecule has 0 saturated carbocycles. The van der Waals surface area contributed by atoms with E-state index in [1.54, 1.807) is 0 Å². The molecule has 0 radical (unpaired) electrons. The zero-order chi connectivity index (χ0) is 17.5. The molecule has 2 aliphatic rings. The Morgan fingerprint density at radius 1 is 1.38 bits per heavy atom. The number of unbranched alkanes of at least 4 members (excludes halogenated alkanes) is 3. The maximum absolute atomic E-state index is 11.9. The summed E-state index contributed by atoms with van der Waals surface area (Å²) in [6, 6.07) is 0. The average Bonchev–Trinajstić information content (AvgIpc) is 2.93. The number of aliphatic hydroxyl groups excluding tert-OH is 3. The van der Waals surface area contributed by atoms with Gasteiger partial charge in [-0.25, -0.2) is 0 Å². The predicted octanol–water partition coefficient (Wildman–Crippen LogP) is -0.757. The molecule has 24 heavy (non-hydrogen) atoms. The molecule has 2 unspecified atom stereocenters. The van der Waals surface area contributed by atoms with Crippen LogP contribution < -0.4 is 5.32 Å². The molecule has 4 N–H and O–H groups in total. The molecule has 2 heterocycles. The Hall–Kier alpha value is -2.03. The molecule has 4 atom stereocenters. The summed E-state index contributed by atoms with van der Waals surface area (Å²) in [4.78, 5) is 13.3. The molecule has 0 aromatic carbocycles. The van der Waals surface area contributed by atoms with Crippen LogP contribution in [0.4, 0.5) is 0 Å². The molecule has 1 amide bonds.